The molecule has 0 amide bonds. The standard InChI is InChI=1S/C20H23N3O2/c1-24-19-12-17(14-21-8-10-23-11-9-22-15-23)18(13-20(19)25-2)16-6-4-3-5-7-16/h3-7,9,11-13,15,21H,8,10,14H2,1-2H3. The van der Waals surface area contributed by atoms with Crippen LogP contribution in [0.25, 0.3) is 11.1 Å². The van der Waals surface area contributed by atoms with E-state index < -0.39 is 0 Å². The molecular formula is C20H23N3O2. The van der Waals surface area contributed by atoms with Gasteiger partial charge in [0.1, 0.15) is 0 Å². The molecule has 0 radical (unpaired) electrons. The number of hydrogen-bond donors (Lipinski definition) is 1. The smallest absolute Gasteiger partial charge is 0.161 e. The molecule has 0 aliphatic carbocycles. The summed E-state index contributed by atoms with van der Waals surface area (Å²) in [4.78, 5) is 4.06. The van der Waals surface area contributed by atoms with Gasteiger partial charge in [0, 0.05) is 32.0 Å². The summed E-state index contributed by atoms with van der Waals surface area (Å²) in [5, 5.41) is 3.49. The summed E-state index contributed by atoms with van der Waals surface area (Å²) >= 11 is 0. The Bertz CT molecular complexity index is 786. The topological polar surface area (TPSA) is 48.3 Å². The Kier molecular flexibility index (Phi) is 5.69. The van der Waals surface area contributed by atoms with Gasteiger partial charge in [0.25, 0.3) is 0 Å². The van der Waals surface area contributed by atoms with E-state index in [0.717, 1.165) is 42.3 Å². The highest BCUT2D eigenvalue weighted by Crippen LogP contribution is 2.35. The Balaban J connectivity index is 1.80. The largest absolute Gasteiger partial charge is 0.493 e. The lowest BCUT2D eigenvalue weighted by molar-refractivity contribution is 0.354. The van der Waals surface area contributed by atoms with Crippen molar-refractivity contribution in [2.24, 2.45) is 0 Å². The van der Waals surface area contributed by atoms with E-state index in [9.17, 15) is 0 Å². The van der Waals surface area contributed by atoms with Crippen molar-refractivity contribution in [2.45, 2.75) is 13.1 Å². The zero-order chi connectivity index (χ0) is 17.5. The van der Waals surface area contributed by atoms with Crippen molar-refractivity contribution in [2.75, 3.05) is 20.8 Å². The summed E-state index contributed by atoms with van der Waals surface area (Å²) in [5.74, 6) is 1.48. The van der Waals surface area contributed by atoms with Gasteiger partial charge in [-0.05, 0) is 28.8 Å². The summed E-state index contributed by atoms with van der Waals surface area (Å²) < 4.78 is 13.0. The van der Waals surface area contributed by atoms with Crippen molar-refractivity contribution in [1.29, 1.82) is 0 Å². The Hall–Kier alpha value is -2.79. The summed E-state index contributed by atoms with van der Waals surface area (Å²) in [5.41, 5.74) is 3.48. The van der Waals surface area contributed by atoms with Crippen LogP contribution < -0.4 is 14.8 Å². The number of hydrogen-bond acceptors (Lipinski definition) is 4. The van der Waals surface area contributed by atoms with Gasteiger partial charge < -0.3 is 19.4 Å². The number of methoxy groups -OCH3 is 2. The van der Waals surface area contributed by atoms with Crippen LogP contribution in [0.4, 0.5) is 0 Å². The Morgan fingerprint density at radius 3 is 2.48 bits per heavy atom. The number of nitrogens with one attached hydrogen (secondary N) is 1. The highest BCUT2D eigenvalue weighted by molar-refractivity contribution is 5.71. The molecule has 25 heavy (non-hydrogen) atoms. The lowest BCUT2D eigenvalue weighted by Crippen LogP contribution is -2.19. The van der Waals surface area contributed by atoms with E-state index in [4.69, 9.17) is 9.47 Å². The highest BCUT2D eigenvalue weighted by atomic mass is 16.5. The van der Waals surface area contributed by atoms with Gasteiger partial charge in [0.2, 0.25) is 0 Å². The molecule has 0 saturated carbocycles. The maximum Gasteiger partial charge on any atom is 0.161 e. The SMILES string of the molecule is COc1cc(CNCCn2ccnc2)c(-c2ccccc2)cc1OC. The van der Waals surface area contributed by atoms with Crippen LogP contribution in [0.1, 0.15) is 5.56 Å². The monoisotopic (exact) mass is 337 g/mol. The normalized spacial score (nSPS) is 10.6. The van der Waals surface area contributed by atoms with Gasteiger partial charge in [-0.15, -0.1) is 0 Å². The molecule has 0 fully saturated rings. The number of nitrogens with zero attached hydrogens (tertiary/aromatic N) is 2. The zero-order valence-electron chi connectivity index (χ0n) is 14.6. The van der Waals surface area contributed by atoms with Gasteiger partial charge in [0.15, 0.2) is 11.5 Å². The maximum absolute atomic E-state index is 5.47. The van der Waals surface area contributed by atoms with Crippen molar-refractivity contribution < 1.29 is 9.47 Å². The second-order valence-corrected chi connectivity index (χ2v) is 5.71. The lowest BCUT2D eigenvalue weighted by atomic mass is 9.98. The molecule has 3 rings (SSSR count). The number of rotatable bonds is 8. The predicted octanol–water partition coefficient (Wildman–Crippen LogP) is 3.36. The number of imidazole rings is 1. The van der Waals surface area contributed by atoms with Crippen LogP contribution in [0, 0.1) is 0 Å². The van der Waals surface area contributed by atoms with Gasteiger partial charge in [-0.1, -0.05) is 30.3 Å². The first-order chi connectivity index (χ1) is 12.3. The number of aromatic nitrogens is 2. The molecule has 5 nitrogen and oxygen atoms in total. The first kappa shape index (κ1) is 17.0. The molecule has 0 spiro atoms. The summed E-state index contributed by atoms with van der Waals surface area (Å²) in [6, 6.07) is 14.4. The molecule has 0 bridgehead atoms. The van der Waals surface area contributed by atoms with E-state index in [-0.39, 0.29) is 0 Å². The van der Waals surface area contributed by atoms with Crippen LogP contribution in [0.3, 0.4) is 0 Å². The van der Waals surface area contributed by atoms with E-state index in [1.807, 2.05) is 42.9 Å². The van der Waals surface area contributed by atoms with Crippen molar-refractivity contribution in [3.05, 3.63) is 66.7 Å². The van der Waals surface area contributed by atoms with E-state index in [1.54, 1.807) is 20.4 Å². The van der Waals surface area contributed by atoms with Crippen LogP contribution in [0.5, 0.6) is 11.5 Å². The second kappa shape index (κ2) is 8.35. The minimum Gasteiger partial charge on any atom is -0.493 e. The second-order valence-electron chi connectivity index (χ2n) is 5.71. The molecule has 0 atom stereocenters. The Morgan fingerprint density at radius 2 is 1.80 bits per heavy atom. The van der Waals surface area contributed by atoms with Gasteiger partial charge in [0.05, 0.1) is 20.5 Å². The van der Waals surface area contributed by atoms with Gasteiger partial charge in [-0.25, -0.2) is 4.98 Å². The summed E-state index contributed by atoms with van der Waals surface area (Å²) in [6.07, 6.45) is 5.59. The number of ether oxygens (including phenoxy) is 2. The quantitative estimate of drug-likeness (QED) is 0.640. The molecule has 1 aromatic heterocycles. The third-order valence-electron chi connectivity index (χ3n) is 4.12. The van der Waals surface area contributed by atoms with Gasteiger partial charge in [-0.2, -0.15) is 0 Å². The molecule has 0 unspecified atom stereocenters. The van der Waals surface area contributed by atoms with Crippen molar-refractivity contribution in [3.8, 4) is 22.6 Å². The van der Waals surface area contributed by atoms with Crippen LogP contribution in [0.2, 0.25) is 0 Å². The summed E-state index contributed by atoms with van der Waals surface area (Å²) in [6.45, 7) is 2.49. The van der Waals surface area contributed by atoms with E-state index in [1.165, 1.54) is 5.56 Å². The molecule has 3 aromatic rings. The van der Waals surface area contributed by atoms with E-state index in [0.29, 0.717) is 0 Å². The first-order valence-corrected chi connectivity index (χ1v) is 8.28. The average molecular weight is 337 g/mol. The van der Waals surface area contributed by atoms with Crippen molar-refractivity contribution in [3.63, 3.8) is 0 Å². The zero-order valence-corrected chi connectivity index (χ0v) is 14.6. The van der Waals surface area contributed by atoms with Crippen molar-refractivity contribution >= 4 is 0 Å². The third-order valence-corrected chi connectivity index (χ3v) is 4.12. The molecule has 0 aliphatic rings. The molecule has 1 N–H and O–H groups in total. The fourth-order valence-corrected chi connectivity index (χ4v) is 2.80. The summed E-state index contributed by atoms with van der Waals surface area (Å²) in [7, 11) is 3.33. The van der Waals surface area contributed by atoms with Crippen LogP contribution in [-0.4, -0.2) is 30.3 Å². The van der Waals surface area contributed by atoms with E-state index >= 15 is 0 Å². The average Bonchev–Trinajstić information content (AvgIpc) is 3.19. The van der Waals surface area contributed by atoms with Crippen LogP contribution in [0.15, 0.2) is 61.2 Å². The van der Waals surface area contributed by atoms with Gasteiger partial charge >= 0.3 is 0 Å². The first-order valence-electron chi connectivity index (χ1n) is 8.28. The maximum atomic E-state index is 5.47. The van der Waals surface area contributed by atoms with Crippen LogP contribution in [-0.2, 0) is 13.1 Å². The van der Waals surface area contributed by atoms with E-state index in [2.05, 4.69) is 27.0 Å². The molecule has 0 aliphatic heterocycles. The minimum absolute atomic E-state index is 0.739. The lowest BCUT2D eigenvalue weighted by Gasteiger charge is -2.16. The third kappa shape index (κ3) is 4.19. The highest BCUT2D eigenvalue weighted by Gasteiger charge is 2.12. The molecule has 1 heterocycles. The van der Waals surface area contributed by atoms with Crippen molar-refractivity contribution in [1.82, 2.24) is 14.9 Å². The molecular weight excluding hydrogens is 314 g/mol. The molecule has 2 aromatic carbocycles. The number of benzene rings is 2. The predicted molar refractivity (Wildman–Crippen MR) is 98.9 cm³/mol. The fraction of sp³-hybridized carbons (Fsp3) is 0.250. The molecule has 130 valence electrons. The Labute approximate surface area is 148 Å². The Morgan fingerprint density at radius 1 is 1.04 bits per heavy atom. The fourth-order valence-electron chi connectivity index (χ4n) is 2.80. The molecule has 0 saturated heterocycles. The van der Waals surface area contributed by atoms with Crippen LogP contribution >= 0.6 is 0 Å². The molecule has 5 heteroatoms. The van der Waals surface area contributed by atoms with Gasteiger partial charge in [-0.3, -0.25) is 0 Å². The minimum atomic E-state index is 0.739.